The van der Waals surface area contributed by atoms with E-state index in [-0.39, 0.29) is 25.0 Å². The average Bonchev–Trinajstić information content (AvgIpc) is 3.14. The van der Waals surface area contributed by atoms with Crippen LogP contribution in [0, 0.1) is 6.92 Å². The lowest BCUT2D eigenvalue weighted by Crippen LogP contribution is -2.40. The average molecular weight is 415 g/mol. The molecule has 158 valence electrons. The molecule has 1 N–H and O–H groups in total. The van der Waals surface area contributed by atoms with Crippen LogP contribution in [0.4, 0.5) is 16.3 Å². The quantitative estimate of drug-likeness (QED) is 0.608. The van der Waals surface area contributed by atoms with Crippen LogP contribution in [0.25, 0.3) is 0 Å². The van der Waals surface area contributed by atoms with Crippen LogP contribution in [-0.2, 0) is 22.4 Å². The topological polar surface area (TPSA) is 71.5 Å². The SMILES string of the molecule is Cc1cccc(Nc2ccc(CCC(=O)N3C(=O)OC[C@H]3Cc3ccccc3)cc2)n1. The highest BCUT2D eigenvalue weighted by Gasteiger charge is 2.37. The molecule has 0 bridgehead atoms. The molecule has 31 heavy (non-hydrogen) atoms. The molecule has 0 radical (unpaired) electrons. The van der Waals surface area contributed by atoms with Crippen molar-refractivity contribution >= 4 is 23.5 Å². The predicted molar refractivity (Wildman–Crippen MR) is 119 cm³/mol. The van der Waals surface area contributed by atoms with E-state index in [1.807, 2.05) is 79.7 Å². The van der Waals surface area contributed by atoms with E-state index in [4.69, 9.17) is 4.74 Å². The molecule has 1 atom stereocenters. The molecule has 0 saturated carbocycles. The van der Waals surface area contributed by atoms with Gasteiger partial charge < -0.3 is 10.1 Å². The van der Waals surface area contributed by atoms with Crippen molar-refractivity contribution in [3.63, 3.8) is 0 Å². The summed E-state index contributed by atoms with van der Waals surface area (Å²) < 4.78 is 5.16. The van der Waals surface area contributed by atoms with Crippen molar-refractivity contribution in [3.05, 3.63) is 89.6 Å². The van der Waals surface area contributed by atoms with Gasteiger partial charge in [0.15, 0.2) is 0 Å². The number of hydrogen-bond donors (Lipinski definition) is 1. The predicted octanol–water partition coefficient (Wildman–Crippen LogP) is 4.66. The third-order valence-electron chi connectivity index (χ3n) is 5.29. The zero-order chi connectivity index (χ0) is 21.6. The van der Waals surface area contributed by atoms with Crippen LogP contribution in [0.3, 0.4) is 0 Å². The number of nitrogens with one attached hydrogen (secondary N) is 1. The first-order chi connectivity index (χ1) is 15.1. The number of aryl methyl sites for hydroxylation is 2. The van der Waals surface area contributed by atoms with Crippen molar-refractivity contribution in [2.24, 2.45) is 0 Å². The van der Waals surface area contributed by atoms with Gasteiger partial charge >= 0.3 is 6.09 Å². The fourth-order valence-corrected chi connectivity index (χ4v) is 3.69. The van der Waals surface area contributed by atoms with Crippen LogP contribution in [0.1, 0.15) is 23.2 Å². The number of carbonyl (C=O) groups is 2. The minimum atomic E-state index is -0.545. The Bertz CT molecular complexity index is 1050. The van der Waals surface area contributed by atoms with E-state index in [1.54, 1.807) is 0 Å². The van der Waals surface area contributed by atoms with E-state index in [9.17, 15) is 9.59 Å². The second-order valence-electron chi connectivity index (χ2n) is 7.67. The molecule has 0 aliphatic carbocycles. The number of anilines is 2. The van der Waals surface area contributed by atoms with Crippen molar-refractivity contribution in [2.75, 3.05) is 11.9 Å². The number of benzene rings is 2. The molecule has 2 amide bonds. The molecule has 1 fully saturated rings. The first-order valence-corrected chi connectivity index (χ1v) is 10.4. The van der Waals surface area contributed by atoms with Crippen molar-refractivity contribution in [1.29, 1.82) is 0 Å². The van der Waals surface area contributed by atoms with E-state index < -0.39 is 6.09 Å². The summed E-state index contributed by atoms with van der Waals surface area (Å²) in [6.45, 7) is 2.19. The number of cyclic esters (lactones) is 1. The highest BCUT2D eigenvalue weighted by atomic mass is 16.6. The number of ether oxygens (including phenoxy) is 1. The molecule has 0 unspecified atom stereocenters. The number of imide groups is 1. The minimum absolute atomic E-state index is 0.199. The number of pyridine rings is 1. The van der Waals surface area contributed by atoms with Gasteiger partial charge in [0, 0.05) is 17.8 Å². The molecule has 0 spiro atoms. The van der Waals surface area contributed by atoms with Crippen molar-refractivity contribution < 1.29 is 14.3 Å². The van der Waals surface area contributed by atoms with Crippen molar-refractivity contribution in [3.8, 4) is 0 Å². The molecule has 1 aliphatic rings. The zero-order valence-corrected chi connectivity index (χ0v) is 17.5. The van der Waals surface area contributed by atoms with Crippen LogP contribution >= 0.6 is 0 Å². The Morgan fingerprint density at radius 2 is 1.81 bits per heavy atom. The van der Waals surface area contributed by atoms with Gasteiger partial charge in [-0.3, -0.25) is 4.79 Å². The molecule has 2 heterocycles. The summed E-state index contributed by atoms with van der Waals surface area (Å²) in [5.41, 5.74) is 3.99. The molecule has 1 aliphatic heterocycles. The van der Waals surface area contributed by atoms with Crippen molar-refractivity contribution in [2.45, 2.75) is 32.2 Å². The Morgan fingerprint density at radius 3 is 2.55 bits per heavy atom. The Kier molecular flexibility index (Phi) is 6.26. The van der Waals surface area contributed by atoms with Crippen LogP contribution in [-0.4, -0.2) is 34.5 Å². The number of carbonyl (C=O) groups excluding carboxylic acids is 2. The number of nitrogens with zero attached hydrogens (tertiary/aromatic N) is 2. The molecule has 3 aromatic rings. The summed E-state index contributed by atoms with van der Waals surface area (Å²) in [5.74, 6) is 0.592. The Hall–Kier alpha value is -3.67. The maximum Gasteiger partial charge on any atom is 0.416 e. The van der Waals surface area contributed by atoms with E-state index in [0.717, 1.165) is 28.3 Å². The zero-order valence-electron chi connectivity index (χ0n) is 17.5. The van der Waals surface area contributed by atoms with Crippen molar-refractivity contribution in [1.82, 2.24) is 9.88 Å². The van der Waals surface area contributed by atoms with Crippen LogP contribution in [0.15, 0.2) is 72.8 Å². The molecule has 6 heteroatoms. The van der Waals surface area contributed by atoms with Gasteiger partial charge in [0.25, 0.3) is 0 Å². The Morgan fingerprint density at radius 1 is 1.03 bits per heavy atom. The van der Waals surface area contributed by atoms with Gasteiger partial charge in [-0.15, -0.1) is 0 Å². The fraction of sp³-hybridized carbons (Fsp3) is 0.240. The second-order valence-corrected chi connectivity index (χ2v) is 7.67. The normalized spacial score (nSPS) is 15.6. The highest BCUT2D eigenvalue weighted by Crippen LogP contribution is 2.20. The lowest BCUT2D eigenvalue weighted by Gasteiger charge is -2.19. The van der Waals surface area contributed by atoms with Gasteiger partial charge in [-0.1, -0.05) is 48.5 Å². The smallest absolute Gasteiger partial charge is 0.416 e. The number of amides is 2. The standard InChI is InChI=1S/C25H25N3O3/c1-18-6-5-9-23(26-18)27-21-13-10-19(11-14-21)12-15-24(29)28-22(17-31-25(28)30)16-20-7-3-2-4-8-20/h2-11,13-14,22H,12,15-17H2,1H3,(H,26,27)/t22-/m1/s1. The number of hydrogen-bond acceptors (Lipinski definition) is 5. The number of rotatable bonds is 7. The molecule has 4 rings (SSSR count). The van der Waals surface area contributed by atoms with Gasteiger partial charge in [0.1, 0.15) is 12.4 Å². The Labute approximate surface area is 181 Å². The molecular formula is C25H25N3O3. The van der Waals surface area contributed by atoms with Crippen LogP contribution < -0.4 is 5.32 Å². The molecule has 1 aromatic heterocycles. The fourth-order valence-electron chi connectivity index (χ4n) is 3.69. The maximum atomic E-state index is 12.8. The van der Waals surface area contributed by atoms with E-state index in [0.29, 0.717) is 12.8 Å². The third-order valence-corrected chi connectivity index (χ3v) is 5.29. The summed E-state index contributed by atoms with van der Waals surface area (Å²) in [6.07, 6.45) is 0.873. The van der Waals surface area contributed by atoms with Gasteiger partial charge in [-0.05, 0) is 55.2 Å². The monoisotopic (exact) mass is 415 g/mol. The maximum absolute atomic E-state index is 12.8. The summed E-state index contributed by atoms with van der Waals surface area (Å²) in [4.78, 5) is 30.6. The van der Waals surface area contributed by atoms with Gasteiger partial charge in [0.2, 0.25) is 5.91 Å². The highest BCUT2D eigenvalue weighted by molar-refractivity contribution is 5.93. The molecule has 2 aromatic carbocycles. The first-order valence-electron chi connectivity index (χ1n) is 10.4. The van der Waals surface area contributed by atoms with Crippen LogP contribution in [0.2, 0.25) is 0 Å². The summed E-state index contributed by atoms with van der Waals surface area (Å²) in [5, 5.41) is 3.27. The lowest BCUT2D eigenvalue weighted by atomic mass is 10.0. The van der Waals surface area contributed by atoms with Gasteiger partial charge in [-0.2, -0.15) is 0 Å². The first kappa shape index (κ1) is 20.6. The molecule has 6 nitrogen and oxygen atoms in total. The van der Waals surface area contributed by atoms with Crippen LogP contribution in [0.5, 0.6) is 0 Å². The lowest BCUT2D eigenvalue weighted by molar-refractivity contribution is -0.129. The second kappa shape index (κ2) is 9.43. The van der Waals surface area contributed by atoms with E-state index in [2.05, 4.69) is 10.3 Å². The molecular weight excluding hydrogens is 390 g/mol. The largest absolute Gasteiger partial charge is 0.447 e. The molecule has 1 saturated heterocycles. The third kappa shape index (κ3) is 5.28. The van der Waals surface area contributed by atoms with Gasteiger partial charge in [0.05, 0.1) is 6.04 Å². The minimum Gasteiger partial charge on any atom is -0.447 e. The summed E-state index contributed by atoms with van der Waals surface area (Å²) in [7, 11) is 0. The Balaban J connectivity index is 1.33. The van der Waals surface area contributed by atoms with E-state index >= 15 is 0 Å². The number of aromatic nitrogens is 1. The van der Waals surface area contributed by atoms with E-state index in [1.165, 1.54) is 4.90 Å². The summed E-state index contributed by atoms with van der Waals surface area (Å²) in [6, 6.07) is 23.3. The summed E-state index contributed by atoms with van der Waals surface area (Å²) >= 11 is 0. The van der Waals surface area contributed by atoms with Gasteiger partial charge in [-0.25, -0.2) is 14.7 Å².